The van der Waals surface area contributed by atoms with Crippen LogP contribution in [0.25, 0.3) is 11.0 Å². The molecule has 31 heavy (non-hydrogen) atoms. The highest BCUT2D eigenvalue weighted by Gasteiger charge is 2.38. The molecule has 1 N–H and O–H groups in total. The molecule has 0 saturated heterocycles. The van der Waals surface area contributed by atoms with Gasteiger partial charge in [0.05, 0.1) is 11.0 Å². The van der Waals surface area contributed by atoms with Gasteiger partial charge in [0.25, 0.3) is 5.91 Å². The van der Waals surface area contributed by atoms with Gasteiger partial charge in [-0.1, -0.05) is 24.3 Å². The van der Waals surface area contributed by atoms with Crippen LogP contribution in [0.2, 0.25) is 0 Å². The molecule has 0 bridgehead atoms. The summed E-state index contributed by atoms with van der Waals surface area (Å²) < 4.78 is 2.07. The molecule has 1 unspecified atom stereocenters. The number of benzene rings is 2. The van der Waals surface area contributed by atoms with Gasteiger partial charge in [-0.3, -0.25) is 14.5 Å². The molecule has 156 valence electrons. The minimum Gasteiger partial charge on any atom is -0.357 e. The number of fused-ring (bicyclic) bond motifs is 2. The molecule has 1 atom stereocenters. The number of amides is 2. The summed E-state index contributed by atoms with van der Waals surface area (Å²) in [4.78, 5) is 33.7. The summed E-state index contributed by atoms with van der Waals surface area (Å²) in [7, 11) is 3.60. The Hall–Kier alpha value is -3.45. The van der Waals surface area contributed by atoms with Gasteiger partial charge in [0.15, 0.2) is 0 Å². The fraction of sp³-hybridized carbons (Fsp3) is 0.208. The first-order valence-corrected chi connectivity index (χ1v) is 11.1. The number of nitrogens with zero attached hydrogens (tertiary/aromatic N) is 3. The Bertz CT molecular complexity index is 1290. The zero-order valence-electron chi connectivity index (χ0n) is 17.3. The van der Waals surface area contributed by atoms with Crippen molar-refractivity contribution in [2.45, 2.75) is 18.9 Å². The third kappa shape index (κ3) is 3.31. The predicted octanol–water partition coefficient (Wildman–Crippen LogP) is 3.54. The Kier molecular flexibility index (Phi) is 4.82. The van der Waals surface area contributed by atoms with Crippen molar-refractivity contribution in [3.63, 3.8) is 0 Å². The number of rotatable bonds is 4. The van der Waals surface area contributed by atoms with E-state index in [-0.39, 0.29) is 11.8 Å². The van der Waals surface area contributed by atoms with Gasteiger partial charge in [-0.2, -0.15) is 0 Å². The summed E-state index contributed by atoms with van der Waals surface area (Å²) in [6.45, 7) is 0. The number of hydrogen-bond acceptors (Lipinski definition) is 4. The maximum Gasteiger partial charge on any atom is 0.259 e. The fourth-order valence-corrected chi connectivity index (χ4v) is 4.96. The van der Waals surface area contributed by atoms with Crippen molar-refractivity contribution in [2.24, 2.45) is 7.05 Å². The highest BCUT2D eigenvalue weighted by molar-refractivity contribution is 7.09. The Morgan fingerprint density at radius 2 is 2.00 bits per heavy atom. The first-order chi connectivity index (χ1) is 15.1. The second kappa shape index (κ2) is 7.67. The molecule has 0 radical (unpaired) electrons. The molecule has 0 saturated carbocycles. The SMILES string of the molecule is CNC(=O)C1Cc2ccccc2N1C(=O)c1ccc2c(c1)nc(Cc1cccs1)n2C. The molecular formula is C24H22N4O2S. The molecule has 5 rings (SSSR count). The number of anilines is 1. The first-order valence-electron chi connectivity index (χ1n) is 10.2. The molecule has 6 nitrogen and oxygen atoms in total. The summed E-state index contributed by atoms with van der Waals surface area (Å²) in [6, 6.07) is 16.9. The van der Waals surface area contributed by atoms with Crippen LogP contribution in [0.4, 0.5) is 5.69 Å². The quantitative estimate of drug-likeness (QED) is 0.539. The largest absolute Gasteiger partial charge is 0.357 e. The van der Waals surface area contributed by atoms with E-state index in [0.717, 1.165) is 34.5 Å². The normalized spacial score (nSPS) is 15.3. The van der Waals surface area contributed by atoms with Crippen LogP contribution in [0, 0.1) is 0 Å². The highest BCUT2D eigenvalue weighted by Crippen LogP contribution is 2.34. The van der Waals surface area contributed by atoms with Crippen molar-refractivity contribution in [3.05, 3.63) is 81.8 Å². The summed E-state index contributed by atoms with van der Waals surface area (Å²) >= 11 is 1.71. The van der Waals surface area contributed by atoms with Crippen LogP contribution in [0.15, 0.2) is 60.0 Å². The first kappa shape index (κ1) is 19.5. The molecule has 1 aliphatic heterocycles. The molecule has 2 aromatic carbocycles. The van der Waals surface area contributed by atoms with Crippen LogP contribution in [-0.4, -0.2) is 34.5 Å². The Labute approximate surface area is 184 Å². The van der Waals surface area contributed by atoms with Crippen LogP contribution < -0.4 is 10.2 Å². The molecule has 3 heterocycles. The number of aromatic nitrogens is 2. The lowest BCUT2D eigenvalue weighted by atomic mass is 10.1. The van der Waals surface area contributed by atoms with E-state index in [9.17, 15) is 9.59 Å². The van der Waals surface area contributed by atoms with E-state index >= 15 is 0 Å². The summed E-state index contributed by atoms with van der Waals surface area (Å²) in [5, 5.41) is 4.75. The summed E-state index contributed by atoms with van der Waals surface area (Å²) in [6.07, 6.45) is 1.27. The second-order valence-electron chi connectivity index (χ2n) is 7.68. The van der Waals surface area contributed by atoms with Gasteiger partial charge in [0.1, 0.15) is 11.9 Å². The van der Waals surface area contributed by atoms with Crippen molar-refractivity contribution in [2.75, 3.05) is 11.9 Å². The van der Waals surface area contributed by atoms with E-state index in [1.807, 2.05) is 55.6 Å². The molecule has 1 aliphatic rings. The average molecular weight is 431 g/mol. The number of carbonyl (C=O) groups is 2. The number of para-hydroxylation sites is 1. The Morgan fingerprint density at radius 1 is 1.16 bits per heavy atom. The van der Waals surface area contributed by atoms with Crippen LogP contribution in [0.5, 0.6) is 0 Å². The van der Waals surface area contributed by atoms with Gasteiger partial charge >= 0.3 is 0 Å². The third-order valence-corrected chi connectivity index (χ3v) is 6.75. The number of thiophene rings is 1. The predicted molar refractivity (Wildman–Crippen MR) is 123 cm³/mol. The Morgan fingerprint density at radius 3 is 2.77 bits per heavy atom. The number of carbonyl (C=O) groups excluding carboxylic acids is 2. The van der Waals surface area contributed by atoms with Gasteiger partial charge in [0, 0.05) is 43.1 Å². The average Bonchev–Trinajstić information content (AvgIpc) is 3.51. The summed E-state index contributed by atoms with van der Waals surface area (Å²) in [5.41, 5.74) is 4.08. The minimum absolute atomic E-state index is 0.165. The zero-order valence-corrected chi connectivity index (χ0v) is 18.1. The lowest BCUT2D eigenvalue weighted by Crippen LogP contribution is -2.47. The van der Waals surface area contributed by atoms with Gasteiger partial charge in [-0.25, -0.2) is 4.98 Å². The minimum atomic E-state index is -0.552. The van der Waals surface area contributed by atoms with Crippen LogP contribution in [-0.2, 0) is 24.7 Å². The van der Waals surface area contributed by atoms with Crippen molar-refractivity contribution < 1.29 is 9.59 Å². The van der Waals surface area contributed by atoms with E-state index in [2.05, 4.69) is 21.3 Å². The van der Waals surface area contributed by atoms with Crippen LogP contribution in [0.1, 0.15) is 26.6 Å². The third-order valence-electron chi connectivity index (χ3n) is 5.88. The van der Waals surface area contributed by atoms with Crippen molar-refractivity contribution in [1.82, 2.24) is 14.9 Å². The standard InChI is InChI=1S/C24H22N4O2S/c1-25-23(29)21-13-15-6-3-4-8-19(15)28(21)24(30)16-9-10-20-18(12-16)26-22(27(20)2)14-17-7-5-11-31-17/h3-12,21H,13-14H2,1-2H3,(H,25,29). The van der Waals surface area contributed by atoms with Crippen LogP contribution in [0.3, 0.4) is 0 Å². The lowest BCUT2D eigenvalue weighted by Gasteiger charge is -2.24. The van der Waals surface area contributed by atoms with Gasteiger partial charge in [-0.05, 0) is 41.3 Å². The fourth-order valence-electron chi connectivity index (χ4n) is 4.26. The maximum absolute atomic E-state index is 13.5. The monoisotopic (exact) mass is 430 g/mol. The number of hydrogen-bond donors (Lipinski definition) is 1. The molecule has 2 aromatic heterocycles. The maximum atomic E-state index is 13.5. The molecule has 0 spiro atoms. The molecular weight excluding hydrogens is 408 g/mol. The lowest BCUT2D eigenvalue weighted by molar-refractivity contribution is -0.121. The molecule has 0 fully saturated rings. The van der Waals surface area contributed by atoms with E-state index in [1.165, 1.54) is 4.88 Å². The molecule has 7 heteroatoms. The number of likely N-dealkylation sites (N-methyl/N-ethyl adjacent to an activating group) is 1. The van der Waals surface area contributed by atoms with Crippen molar-refractivity contribution >= 4 is 39.9 Å². The van der Waals surface area contributed by atoms with Crippen LogP contribution >= 0.6 is 11.3 Å². The molecule has 0 aliphatic carbocycles. The molecule has 2 amide bonds. The Balaban J connectivity index is 1.52. The van der Waals surface area contributed by atoms with Gasteiger partial charge in [-0.15, -0.1) is 11.3 Å². The topological polar surface area (TPSA) is 67.2 Å². The smallest absolute Gasteiger partial charge is 0.259 e. The molecule has 4 aromatic rings. The van der Waals surface area contributed by atoms with Gasteiger partial charge in [0.2, 0.25) is 5.91 Å². The van der Waals surface area contributed by atoms with E-state index in [0.29, 0.717) is 12.0 Å². The summed E-state index contributed by atoms with van der Waals surface area (Å²) in [5.74, 6) is 0.601. The number of aryl methyl sites for hydroxylation is 1. The number of imidazole rings is 1. The number of nitrogens with one attached hydrogen (secondary N) is 1. The highest BCUT2D eigenvalue weighted by atomic mass is 32.1. The van der Waals surface area contributed by atoms with Gasteiger partial charge < -0.3 is 9.88 Å². The zero-order chi connectivity index (χ0) is 21.5. The van der Waals surface area contributed by atoms with Crippen molar-refractivity contribution in [1.29, 1.82) is 0 Å². The van der Waals surface area contributed by atoms with E-state index < -0.39 is 6.04 Å². The van der Waals surface area contributed by atoms with E-state index in [1.54, 1.807) is 23.3 Å². The second-order valence-corrected chi connectivity index (χ2v) is 8.72. The van der Waals surface area contributed by atoms with E-state index in [4.69, 9.17) is 4.98 Å². The van der Waals surface area contributed by atoms with Crippen molar-refractivity contribution in [3.8, 4) is 0 Å².